The van der Waals surface area contributed by atoms with Crippen molar-refractivity contribution in [2.75, 3.05) is 0 Å². The molecule has 0 rings (SSSR count). The Morgan fingerprint density at radius 1 is 1.45 bits per heavy atom. The van der Waals surface area contributed by atoms with Crippen molar-refractivity contribution in [2.24, 2.45) is 5.92 Å². The first-order valence-electron chi connectivity index (χ1n) is 4.10. The Labute approximate surface area is 68.0 Å². The number of hydrogen-bond donors (Lipinski definition) is 0. The quantitative estimate of drug-likeness (QED) is 0.433. The van der Waals surface area contributed by atoms with Crippen LogP contribution >= 0.6 is 0 Å². The minimum absolute atomic E-state index is 0.0592. The minimum Gasteiger partial charge on any atom is -0.299 e. The van der Waals surface area contributed by atoms with Crippen LogP contribution in [-0.4, -0.2) is 12.1 Å². The maximum absolute atomic E-state index is 10.7. The van der Waals surface area contributed by atoms with Crippen LogP contribution in [0.3, 0.4) is 0 Å². The number of hydrogen-bond acceptors (Lipinski definition) is 2. The van der Waals surface area contributed by atoms with E-state index in [1.54, 1.807) is 6.29 Å². The predicted molar refractivity (Wildman–Crippen MR) is 44.0 cm³/mol. The molecule has 63 valence electrons. The van der Waals surface area contributed by atoms with Crippen molar-refractivity contribution >= 4 is 12.1 Å². The number of carbonyl (C=O) groups excluding carboxylic acids is 2. The average molecular weight is 155 g/mol. The first-order valence-corrected chi connectivity index (χ1v) is 4.10. The third-order valence-electron chi connectivity index (χ3n) is 1.73. The molecule has 0 aliphatic carbocycles. The van der Waals surface area contributed by atoms with Crippen molar-refractivity contribution in [3.8, 4) is 0 Å². The molecule has 0 aliphatic rings. The fourth-order valence-electron chi connectivity index (χ4n) is 0.944. The number of Topliss-reactive ketones (excluding diaryl/α,β-unsaturated/α-hetero) is 1. The van der Waals surface area contributed by atoms with Crippen LogP contribution in [0.1, 0.15) is 39.5 Å². The fraction of sp³-hybridized carbons (Fsp3) is 0.778. The Bertz CT molecular complexity index is 130. The van der Waals surface area contributed by atoms with Gasteiger partial charge in [0.05, 0.1) is 5.92 Å². The SMILES string of the molecule is CCCCCC([C]=O)C(C)=O. The Kier molecular flexibility index (Phi) is 5.71. The number of unbranched alkanes of at least 4 members (excludes halogenated alkanes) is 2. The third kappa shape index (κ3) is 4.71. The molecule has 2 heteroatoms. The van der Waals surface area contributed by atoms with Gasteiger partial charge < -0.3 is 0 Å². The van der Waals surface area contributed by atoms with Crippen LogP contribution < -0.4 is 0 Å². The zero-order chi connectivity index (χ0) is 8.69. The van der Waals surface area contributed by atoms with Crippen LogP contribution in [0.2, 0.25) is 0 Å². The van der Waals surface area contributed by atoms with Gasteiger partial charge in [0.15, 0.2) is 0 Å². The van der Waals surface area contributed by atoms with Crippen molar-refractivity contribution in [2.45, 2.75) is 39.5 Å². The van der Waals surface area contributed by atoms with Crippen LogP contribution in [0, 0.1) is 5.92 Å². The number of rotatable bonds is 6. The molecule has 0 saturated heterocycles. The van der Waals surface area contributed by atoms with E-state index < -0.39 is 5.92 Å². The Morgan fingerprint density at radius 2 is 2.09 bits per heavy atom. The molecule has 1 atom stereocenters. The molecular formula is C9H15O2. The van der Waals surface area contributed by atoms with E-state index in [-0.39, 0.29) is 5.78 Å². The molecule has 0 amide bonds. The van der Waals surface area contributed by atoms with Crippen LogP contribution in [0.25, 0.3) is 0 Å². The van der Waals surface area contributed by atoms with Gasteiger partial charge in [0.1, 0.15) is 5.78 Å². The molecule has 0 aromatic rings. The van der Waals surface area contributed by atoms with Crippen LogP contribution in [0.15, 0.2) is 0 Å². The lowest BCUT2D eigenvalue weighted by Gasteiger charge is -2.02. The molecule has 0 bridgehead atoms. The second kappa shape index (κ2) is 6.08. The summed E-state index contributed by atoms with van der Waals surface area (Å²) < 4.78 is 0. The molecular weight excluding hydrogens is 140 g/mol. The summed E-state index contributed by atoms with van der Waals surface area (Å²) in [7, 11) is 0. The van der Waals surface area contributed by atoms with E-state index >= 15 is 0 Å². The summed E-state index contributed by atoms with van der Waals surface area (Å²) in [5.74, 6) is -0.530. The molecule has 1 radical (unpaired) electrons. The van der Waals surface area contributed by atoms with Crippen molar-refractivity contribution in [1.82, 2.24) is 0 Å². The summed E-state index contributed by atoms with van der Waals surface area (Å²) in [5, 5.41) is 0. The summed E-state index contributed by atoms with van der Waals surface area (Å²) in [4.78, 5) is 20.9. The highest BCUT2D eigenvalue weighted by molar-refractivity contribution is 5.91. The van der Waals surface area contributed by atoms with Crippen LogP contribution in [-0.2, 0) is 9.59 Å². The van der Waals surface area contributed by atoms with Gasteiger partial charge >= 0.3 is 0 Å². The first-order chi connectivity index (χ1) is 5.22. The maximum atomic E-state index is 10.7. The molecule has 0 spiro atoms. The van der Waals surface area contributed by atoms with Gasteiger partial charge in [-0.25, -0.2) is 0 Å². The highest BCUT2D eigenvalue weighted by Crippen LogP contribution is 2.08. The first kappa shape index (κ1) is 10.3. The second-order valence-electron chi connectivity index (χ2n) is 2.78. The number of carbonyl (C=O) groups is 1. The summed E-state index contributed by atoms with van der Waals surface area (Å²) >= 11 is 0. The molecule has 0 aromatic carbocycles. The standard InChI is InChI=1S/C9H15O2/c1-3-4-5-6-9(7-10)8(2)11/h9H,3-6H2,1-2H3. The minimum atomic E-state index is -0.471. The van der Waals surface area contributed by atoms with Crippen molar-refractivity contribution in [1.29, 1.82) is 0 Å². The molecule has 0 aromatic heterocycles. The van der Waals surface area contributed by atoms with E-state index in [1.807, 2.05) is 0 Å². The normalized spacial score (nSPS) is 12.5. The predicted octanol–water partition coefficient (Wildman–Crippen LogP) is 1.88. The monoisotopic (exact) mass is 155 g/mol. The highest BCUT2D eigenvalue weighted by Gasteiger charge is 2.12. The topological polar surface area (TPSA) is 34.1 Å². The van der Waals surface area contributed by atoms with Gasteiger partial charge in [-0.1, -0.05) is 26.2 Å². The van der Waals surface area contributed by atoms with Crippen LogP contribution in [0.4, 0.5) is 0 Å². The second-order valence-corrected chi connectivity index (χ2v) is 2.78. The molecule has 0 N–H and O–H groups in total. The van der Waals surface area contributed by atoms with Gasteiger partial charge in [-0.05, 0) is 13.3 Å². The van der Waals surface area contributed by atoms with Gasteiger partial charge in [-0.3, -0.25) is 9.59 Å². The molecule has 0 aliphatic heterocycles. The summed E-state index contributed by atoms with van der Waals surface area (Å²) in [6.07, 6.45) is 5.59. The third-order valence-corrected chi connectivity index (χ3v) is 1.73. The van der Waals surface area contributed by atoms with Gasteiger partial charge in [0.2, 0.25) is 6.29 Å². The van der Waals surface area contributed by atoms with E-state index in [0.717, 1.165) is 19.3 Å². The lowest BCUT2D eigenvalue weighted by atomic mass is 9.99. The van der Waals surface area contributed by atoms with E-state index in [4.69, 9.17) is 0 Å². The maximum Gasteiger partial charge on any atom is 0.209 e. The Balaban J connectivity index is 3.52. The molecule has 0 fully saturated rings. The highest BCUT2D eigenvalue weighted by atomic mass is 16.1. The summed E-state index contributed by atoms with van der Waals surface area (Å²) in [6, 6.07) is 0. The molecule has 1 unspecified atom stereocenters. The molecule has 11 heavy (non-hydrogen) atoms. The number of ketones is 1. The van der Waals surface area contributed by atoms with Gasteiger partial charge in [-0.15, -0.1) is 0 Å². The zero-order valence-electron chi connectivity index (χ0n) is 7.22. The van der Waals surface area contributed by atoms with Gasteiger partial charge in [0, 0.05) is 0 Å². The van der Waals surface area contributed by atoms with Gasteiger partial charge in [-0.2, -0.15) is 0 Å². The van der Waals surface area contributed by atoms with Crippen molar-refractivity contribution in [3.63, 3.8) is 0 Å². The van der Waals surface area contributed by atoms with E-state index in [0.29, 0.717) is 6.42 Å². The molecule has 0 heterocycles. The van der Waals surface area contributed by atoms with Crippen molar-refractivity contribution < 1.29 is 9.59 Å². The van der Waals surface area contributed by atoms with E-state index in [2.05, 4.69) is 6.92 Å². The summed E-state index contributed by atoms with van der Waals surface area (Å²) in [6.45, 7) is 3.54. The lowest BCUT2D eigenvalue weighted by molar-refractivity contribution is -0.119. The van der Waals surface area contributed by atoms with Crippen LogP contribution in [0.5, 0.6) is 0 Å². The van der Waals surface area contributed by atoms with E-state index in [1.165, 1.54) is 6.92 Å². The Hall–Kier alpha value is -0.660. The van der Waals surface area contributed by atoms with Crippen molar-refractivity contribution in [3.05, 3.63) is 0 Å². The zero-order valence-corrected chi connectivity index (χ0v) is 7.22. The fourth-order valence-corrected chi connectivity index (χ4v) is 0.944. The molecule has 0 saturated carbocycles. The lowest BCUT2D eigenvalue weighted by Crippen LogP contribution is -2.11. The van der Waals surface area contributed by atoms with Gasteiger partial charge in [0.25, 0.3) is 0 Å². The van der Waals surface area contributed by atoms with E-state index in [9.17, 15) is 9.59 Å². The smallest absolute Gasteiger partial charge is 0.209 e. The Morgan fingerprint density at radius 3 is 2.45 bits per heavy atom. The molecule has 2 nitrogen and oxygen atoms in total. The largest absolute Gasteiger partial charge is 0.299 e. The average Bonchev–Trinajstić information content (AvgIpc) is 1.97. The summed E-state index contributed by atoms with van der Waals surface area (Å²) in [5.41, 5.74) is 0.